The van der Waals surface area contributed by atoms with E-state index in [4.69, 9.17) is 4.74 Å². The molecule has 0 spiro atoms. The second-order valence-electron chi connectivity index (χ2n) is 4.38. The Morgan fingerprint density at radius 2 is 1.25 bits per heavy atom. The minimum Gasteiger partial charge on any atom is -0.497 e. The second kappa shape index (κ2) is 5.53. The molecule has 0 aliphatic rings. The van der Waals surface area contributed by atoms with Crippen molar-refractivity contribution in [3.63, 3.8) is 0 Å². The standard InChI is InChI=1S/C17H14N2O/c1-20-15-2-3-16(13-4-8-18-9-5-13)17(12-15)14-6-10-19-11-7-14/h2-12H,1H3. The Hall–Kier alpha value is -2.68. The van der Waals surface area contributed by atoms with Gasteiger partial charge in [-0.15, -0.1) is 0 Å². The van der Waals surface area contributed by atoms with E-state index in [0.29, 0.717) is 0 Å². The number of ether oxygens (including phenoxy) is 1. The van der Waals surface area contributed by atoms with Crippen molar-refractivity contribution >= 4 is 0 Å². The average molecular weight is 262 g/mol. The van der Waals surface area contributed by atoms with Crippen LogP contribution in [0.25, 0.3) is 22.3 Å². The van der Waals surface area contributed by atoms with Crippen molar-refractivity contribution in [1.82, 2.24) is 9.97 Å². The number of rotatable bonds is 3. The molecule has 0 amide bonds. The SMILES string of the molecule is COc1ccc(-c2ccncc2)c(-c2ccncc2)c1. The highest BCUT2D eigenvalue weighted by Gasteiger charge is 2.08. The monoisotopic (exact) mass is 262 g/mol. The van der Waals surface area contributed by atoms with Crippen molar-refractivity contribution < 1.29 is 4.74 Å². The summed E-state index contributed by atoms with van der Waals surface area (Å²) in [4.78, 5) is 8.15. The number of benzene rings is 1. The van der Waals surface area contributed by atoms with Crippen molar-refractivity contribution in [2.45, 2.75) is 0 Å². The van der Waals surface area contributed by atoms with Gasteiger partial charge < -0.3 is 4.74 Å². The maximum atomic E-state index is 5.34. The first kappa shape index (κ1) is 12.4. The van der Waals surface area contributed by atoms with Crippen LogP contribution >= 0.6 is 0 Å². The van der Waals surface area contributed by atoms with E-state index in [1.165, 1.54) is 0 Å². The number of hydrogen-bond acceptors (Lipinski definition) is 3. The number of nitrogens with zero attached hydrogens (tertiary/aromatic N) is 2. The number of pyridine rings is 2. The molecule has 0 saturated carbocycles. The van der Waals surface area contributed by atoms with Crippen LogP contribution in [0.5, 0.6) is 5.75 Å². The highest BCUT2D eigenvalue weighted by atomic mass is 16.5. The van der Waals surface area contributed by atoms with Gasteiger partial charge in [0.15, 0.2) is 0 Å². The Balaban J connectivity index is 2.20. The molecule has 1 aromatic carbocycles. The first-order chi connectivity index (χ1) is 9.88. The van der Waals surface area contributed by atoms with E-state index in [1.54, 1.807) is 31.9 Å². The maximum absolute atomic E-state index is 5.34. The Morgan fingerprint density at radius 1 is 0.700 bits per heavy atom. The summed E-state index contributed by atoms with van der Waals surface area (Å²) >= 11 is 0. The van der Waals surface area contributed by atoms with Gasteiger partial charge in [0.25, 0.3) is 0 Å². The van der Waals surface area contributed by atoms with Gasteiger partial charge in [0.1, 0.15) is 5.75 Å². The minimum absolute atomic E-state index is 0.842. The van der Waals surface area contributed by atoms with Gasteiger partial charge >= 0.3 is 0 Å². The fourth-order valence-corrected chi connectivity index (χ4v) is 2.20. The summed E-state index contributed by atoms with van der Waals surface area (Å²) < 4.78 is 5.34. The number of methoxy groups -OCH3 is 1. The Kier molecular flexibility index (Phi) is 3.42. The number of hydrogen-bond donors (Lipinski definition) is 0. The van der Waals surface area contributed by atoms with Crippen molar-refractivity contribution in [1.29, 1.82) is 0 Å². The molecule has 0 fully saturated rings. The maximum Gasteiger partial charge on any atom is 0.119 e. The fourth-order valence-electron chi connectivity index (χ4n) is 2.20. The van der Waals surface area contributed by atoms with E-state index in [0.717, 1.165) is 28.0 Å². The first-order valence-corrected chi connectivity index (χ1v) is 6.37. The molecule has 0 atom stereocenters. The van der Waals surface area contributed by atoms with Crippen molar-refractivity contribution in [3.05, 3.63) is 67.3 Å². The fraction of sp³-hybridized carbons (Fsp3) is 0.0588. The predicted octanol–water partition coefficient (Wildman–Crippen LogP) is 3.82. The van der Waals surface area contributed by atoms with E-state index >= 15 is 0 Å². The molecular formula is C17H14N2O. The molecule has 0 radical (unpaired) electrons. The molecule has 98 valence electrons. The van der Waals surface area contributed by atoms with Crippen molar-refractivity contribution in [2.75, 3.05) is 7.11 Å². The van der Waals surface area contributed by atoms with Crippen LogP contribution < -0.4 is 4.74 Å². The quantitative estimate of drug-likeness (QED) is 0.719. The molecule has 3 nitrogen and oxygen atoms in total. The third-order valence-electron chi connectivity index (χ3n) is 3.21. The molecule has 0 N–H and O–H groups in total. The second-order valence-corrected chi connectivity index (χ2v) is 4.38. The van der Waals surface area contributed by atoms with Crippen LogP contribution in [-0.4, -0.2) is 17.1 Å². The summed E-state index contributed by atoms with van der Waals surface area (Å²) in [5.41, 5.74) is 4.53. The summed E-state index contributed by atoms with van der Waals surface area (Å²) in [6.07, 6.45) is 7.20. The summed E-state index contributed by atoms with van der Waals surface area (Å²) in [6, 6.07) is 14.1. The zero-order chi connectivity index (χ0) is 13.8. The Morgan fingerprint density at radius 3 is 1.80 bits per heavy atom. The molecule has 0 aliphatic heterocycles. The van der Waals surface area contributed by atoms with E-state index < -0.39 is 0 Å². The van der Waals surface area contributed by atoms with E-state index in [-0.39, 0.29) is 0 Å². The molecular weight excluding hydrogens is 248 g/mol. The largest absolute Gasteiger partial charge is 0.497 e. The molecule has 0 saturated heterocycles. The molecule has 3 heteroatoms. The normalized spacial score (nSPS) is 10.2. The highest BCUT2D eigenvalue weighted by Crippen LogP contribution is 2.34. The lowest BCUT2D eigenvalue weighted by atomic mass is 9.95. The Labute approximate surface area is 117 Å². The lowest BCUT2D eigenvalue weighted by molar-refractivity contribution is 0.415. The molecule has 2 heterocycles. The van der Waals surface area contributed by atoms with Crippen molar-refractivity contribution in [3.8, 4) is 28.0 Å². The van der Waals surface area contributed by atoms with E-state index in [9.17, 15) is 0 Å². The van der Waals surface area contributed by atoms with Gasteiger partial charge in [0, 0.05) is 24.8 Å². The van der Waals surface area contributed by atoms with Crippen LogP contribution in [0.15, 0.2) is 67.3 Å². The summed E-state index contributed by atoms with van der Waals surface area (Å²) in [6.45, 7) is 0. The van der Waals surface area contributed by atoms with Crippen LogP contribution in [0.4, 0.5) is 0 Å². The van der Waals surface area contributed by atoms with Crippen molar-refractivity contribution in [2.24, 2.45) is 0 Å². The molecule has 2 aromatic heterocycles. The smallest absolute Gasteiger partial charge is 0.119 e. The summed E-state index contributed by atoms with van der Waals surface area (Å²) in [5.74, 6) is 0.842. The topological polar surface area (TPSA) is 35.0 Å². The van der Waals surface area contributed by atoms with Crippen LogP contribution in [0, 0.1) is 0 Å². The molecule has 3 aromatic rings. The molecule has 0 unspecified atom stereocenters. The third kappa shape index (κ3) is 2.38. The zero-order valence-corrected chi connectivity index (χ0v) is 11.2. The highest BCUT2D eigenvalue weighted by molar-refractivity contribution is 5.84. The molecule has 3 rings (SSSR count). The van der Waals surface area contributed by atoms with Gasteiger partial charge in [-0.1, -0.05) is 6.07 Å². The van der Waals surface area contributed by atoms with Gasteiger partial charge in [-0.25, -0.2) is 0 Å². The average Bonchev–Trinajstić information content (AvgIpc) is 2.56. The Bertz CT molecular complexity index is 697. The van der Waals surface area contributed by atoms with Gasteiger partial charge in [-0.2, -0.15) is 0 Å². The lowest BCUT2D eigenvalue weighted by Crippen LogP contribution is -1.89. The van der Waals surface area contributed by atoms with Gasteiger partial charge in [-0.3, -0.25) is 9.97 Å². The molecule has 0 aliphatic carbocycles. The zero-order valence-electron chi connectivity index (χ0n) is 11.2. The molecule has 0 bridgehead atoms. The van der Waals surface area contributed by atoms with E-state index in [1.807, 2.05) is 36.4 Å². The van der Waals surface area contributed by atoms with Crippen LogP contribution in [-0.2, 0) is 0 Å². The lowest BCUT2D eigenvalue weighted by Gasteiger charge is -2.12. The van der Waals surface area contributed by atoms with E-state index in [2.05, 4.69) is 16.0 Å². The summed E-state index contributed by atoms with van der Waals surface area (Å²) in [7, 11) is 1.68. The van der Waals surface area contributed by atoms with Crippen LogP contribution in [0.3, 0.4) is 0 Å². The first-order valence-electron chi connectivity index (χ1n) is 6.37. The van der Waals surface area contributed by atoms with Crippen LogP contribution in [0.2, 0.25) is 0 Å². The number of aromatic nitrogens is 2. The molecule has 20 heavy (non-hydrogen) atoms. The predicted molar refractivity (Wildman–Crippen MR) is 79.5 cm³/mol. The third-order valence-corrected chi connectivity index (χ3v) is 3.21. The van der Waals surface area contributed by atoms with Gasteiger partial charge in [0.05, 0.1) is 7.11 Å². The van der Waals surface area contributed by atoms with Crippen LogP contribution in [0.1, 0.15) is 0 Å². The summed E-state index contributed by atoms with van der Waals surface area (Å²) in [5, 5.41) is 0. The van der Waals surface area contributed by atoms with Gasteiger partial charge in [-0.05, 0) is 58.7 Å². The van der Waals surface area contributed by atoms with Gasteiger partial charge in [0.2, 0.25) is 0 Å². The minimum atomic E-state index is 0.842.